The Hall–Kier alpha value is -3.87. The highest BCUT2D eigenvalue weighted by Crippen LogP contribution is 2.36. The van der Waals surface area contributed by atoms with E-state index >= 15 is 0 Å². The number of imide groups is 2. The number of halogens is 2. The first-order valence-electron chi connectivity index (χ1n) is 10.2. The molecule has 1 aliphatic rings. The van der Waals surface area contributed by atoms with Gasteiger partial charge in [-0.25, -0.2) is 14.6 Å². The topological polar surface area (TPSA) is 66.9 Å². The summed E-state index contributed by atoms with van der Waals surface area (Å²) in [7, 11) is 0. The minimum atomic E-state index is -0.781. The van der Waals surface area contributed by atoms with Gasteiger partial charge in [0.05, 0.1) is 16.4 Å². The zero-order valence-corrected chi connectivity index (χ0v) is 19.3. The van der Waals surface area contributed by atoms with Gasteiger partial charge in [-0.05, 0) is 42.5 Å². The fourth-order valence-corrected chi connectivity index (χ4v) is 4.04. The van der Waals surface area contributed by atoms with Gasteiger partial charge < -0.3 is 4.74 Å². The van der Waals surface area contributed by atoms with Gasteiger partial charge in [-0.1, -0.05) is 72.3 Å². The molecule has 4 amide bonds. The first-order valence-corrected chi connectivity index (χ1v) is 11.0. The largest absolute Gasteiger partial charge is 0.487 e. The Balaban J connectivity index is 1.90. The molecule has 0 N–H and O–H groups in total. The second-order valence-corrected chi connectivity index (χ2v) is 8.04. The zero-order chi connectivity index (χ0) is 24.2. The van der Waals surface area contributed by atoms with Crippen LogP contribution < -0.4 is 14.5 Å². The van der Waals surface area contributed by atoms with Crippen LogP contribution in [0.4, 0.5) is 16.2 Å². The molecule has 8 heteroatoms. The number of amides is 4. The van der Waals surface area contributed by atoms with Crippen LogP contribution in [-0.2, 0) is 9.59 Å². The second-order valence-electron chi connectivity index (χ2n) is 7.20. The molecule has 0 spiro atoms. The van der Waals surface area contributed by atoms with E-state index in [4.69, 9.17) is 27.9 Å². The Morgan fingerprint density at radius 1 is 0.824 bits per heavy atom. The molecular weight excluding hydrogens is 475 g/mol. The number of para-hydroxylation sites is 2. The van der Waals surface area contributed by atoms with Gasteiger partial charge in [0.25, 0.3) is 11.8 Å². The summed E-state index contributed by atoms with van der Waals surface area (Å²) in [6, 6.07) is 19.0. The fourth-order valence-electron chi connectivity index (χ4n) is 3.48. The van der Waals surface area contributed by atoms with Crippen molar-refractivity contribution in [2.24, 2.45) is 0 Å². The summed E-state index contributed by atoms with van der Waals surface area (Å²) in [4.78, 5) is 42.3. The van der Waals surface area contributed by atoms with E-state index < -0.39 is 17.8 Å². The molecule has 34 heavy (non-hydrogen) atoms. The van der Waals surface area contributed by atoms with Gasteiger partial charge in [0.2, 0.25) is 0 Å². The van der Waals surface area contributed by atoms with Crippen molar-refractivity contribution >= 4 is 58.5 Å². The summed E-state index contributed by atoms with van der Waals surface area (Å²) < 4.78 is 5.66. The maximum atomic E-state index is 13.5. The number of urea groups is 1. The van der Waals surface area contributed by atoms with Crippen molar-refractivity contribution in [3.8, 4) is 5.75 Å². The molecule has 6 nitrogen and oxygen atoms in total. The van der Waals surface area contributed by atoms with E-state index in [1.165, 1.54) is 24.3 Å². The van der Waals surface area contributed by atoms with E-state index in [1.807, 2.05) is 0 Å². The number of ether oxygens (including phenoxy) is 1. The molecule has 170 valence electrons. The highest BCUT2D eigenvalue weighted by atomic mass is 35.5. The summed E-state index contributed by atoms with van der Waals surface area (Å²) in [6.45, 7) is 3.76. The van der Waals surface area contributed by atoms with E-state index in [0.29, 0.717) is 16.9 Å². The summed E-state index contributed by atoms with van der Waals surface area (Å²) in [6.07, 6.45) is 2.87. The Labute approximate surface area is 206 Å². The first-order chi connectivity index (χ1) is 16.4. The lowest BCUT2D eigenvalue weighted by molar-refractivity contribution is -0.121. The van der Waals surface area contributed by atoms with Gasteiger partial charge in [0, 0.05) is 10.6 Å². The molecule has 3 aromatic carbocycles. The van der Waals surface area contributed by atoms with Gasteiger partial charge >= 0.3 is 6.03 Å². The number of rotatable bonds is 6. The van der Waals surface area contributed by atoms with Crippen molar-refractivity contribution < 1.29 is 19.1 Å². The van der Waals surface area contributed by atoms with Crippen molar-refractivity contribution in [2.45, 2.75) is 0 Å². The van der Waals surface area contributed by atoms with Gasteiger partial charge in [0.15, 0.2) is 0 Å². The van der Waals surface area contributed by atoms with Crippen molar-refractivity contribution in [1.82, 2.24) is 0 Å². The third kappa shape index (κ3) is 4.46. The fraction of sp³-hybridized carbons (Fsp3) is 0.0385. The third-order valence-corrected chi connectivity index (χ3v) is 5.46. The number of benzene rings is 3. The van der Waals surface area contributed by atoms with E-state index in [9.17, 15) is 14.4 Å². The van der Waals surface area contributed by atoms with Crippen LogP contribution in [0.5, 0.6) is 5.75 Å². The van der Waals surface area contributed by atoms with Gasteiger partial charge in [-0.2, -0.15) is 0 Å². The number of carbonyl (C=O) groups is 3. The number of barbiturate groups is 1. The highest BCUT2D eigenvalue weighted by Gasteiger charge is 2.43. The Morgan fingerprint density at radius 3 is 1.85 bits per heavy atom. The SMILES string of the molecule is C=CCOc1c(Cl)cc(Cl)cc1C=C1C(=O)N(c2ccccc2)C(=O)N(c2ccccc2)C1=O. The standard InChI is InChI=1S/C26H18Cl2N2O4/c1-2-13-34-23-17(14-18(27)16-22(23)28)15-21-24(31)29(19-9-5-3-6-10-19)26(33)30(25(21)32)20-11-7-4-8-12-20/h2-12,14-16H,1,13H2. The molecule has 0 unspecified atom stereocenters. The lowest BCUT2D eigenvalue weighted by Gasteiger charge is -2.34. The van der Waals surface area contributed by atoms with E-state index in [2.05, 4.69) is 6.58 Å². The zero-order valence-electron chi connectivity index (χ0n) is 17.8. The minimum absolute atomic E-state index is 0.143. The van der Waals surface area contributed by atoms with E-state index in [-0.39, 0.29) is 28.0 Å². The molecule has 0 aromatic heterocycles. The number of nitrogens with zero attached hydrogens (tertiary/aromatic N) is 2. The van der Waals surface area contributed by atoms with Crippen LogP contribution >= 0.6 is 23.2 Å². The molecule has 0 aliphatic carbocycles. The van der Waals surface area contributed by atoms with Crippen molar-refractivity contribution in [3.63, 3.8) is 0 Å². The van der Waals surface area contributed by atoms with Gasteiger partial charge in [0.1, 0.15) is 17.9 Å². The van der Waals surface area contributed by atoms with Crippen LogP contribution in [0.3, 0.4) is 0 Å². The molecular formula is C26H18Cl2N2O4. The second kappa shape index (κ2) is 9.95. The Morgan fingerprint density at radius 2 is 1.35 bits per heavy atom. The summed E-state index contributed by atoms with van der Waals surface area (Å²) in [5.41, 5.74) is 0.702. The summed E-state index contributed by atoms with van der Waals surface area (Å²) >= 11 is 12.5. The van der Waals surface area contributed by atoms with Crippen LogP contribution in [-0.4, -0.2) is 24.5 Å². The molecule has 0 bridgehead atoms. The van der Waals surface area contributed by atoms with Crippen LogP contribution in [0, 0.1) is 0 Å². The first kappa shape index (κ1) is 23.3. The molecule has 1 fully saturated rings. The van der Waals surface area contributed by atoms with Crippen LogP contribution in [0.15, 0.2) is 91.0 Å². The summed E-state index contributed by atoms with van der Waals surface area (Å²) in [5, 5.41) is 0.488. The van der Waals surface area contributed by atoms with Crippen molar-refractivity contribution in [1.29, 1.82) is 0 Å². The molecule has 1 heterocycles. The molecule has 1 aliphatic heterocycles. The molecule has 3 aromatic rings. The highest BCUT2D eigenvalue weighted by molar-refractivity contribution is 6.46. The Bertz CT molecular complexity index is 1240. The maximum absolute atomic E-state index is 13.5. The van der Waals surface area contributed by atoms with Crippen LogP contribution in [0.1, 0.15) is 5.56 Å². The third-order valence-electron chi connectivity index (χ3n) is 4.96. The normalized spacial score (nSPS) is 13.8. The maximum Gasteiger partial charge on any atom is 0.343 e. The van der Waals surface area contributed by atoms with Gasteiger partial charge in [-0.3, -0.25) is 9.59 Å². The molecule has 4 rings (SSSR count). The quantitative estimate of drug-likeness (QED) is 0.235. The van der Waals surface area contributed by atoms with Crippen LogP contribution in [0.25, 0.3) is 6.08 Å². The average molecular weight is 493 g/mol. The molecule has 1 saturated heterocycles. The van der Waals surface area contributed by atoms with Crippen molar-refractivity contribution in [2.75, 3.05) is 16.4 Å². The smallest absolute Gasteiger partial charge is 0.343 e. The summed E-state index contributed by atoms with van der Waals surface area (Å²) in [5.74, 6) is -1.33. The number of hydrogen-bond donors (Lipinski definition) is 0. The molecule has 0 atom stereocenters. The van der Waals surface area contributed by atoms with E-state index in [0.717, 1.165) is 9.80 Å². The van der Waals surface area contributed by atoms with Gasteiger partial charge in [-0.15, -0.1) is 0 Å². The average Bonchev–Trinajstić information content (AvgIpc) is 2.82. The number of anilines is 2. The Kier molecular flexibility index (Phi) is 6.82. The predicted molar refractivity (Wildman–Crippen MR) is 133 cm³/mol. The monoisotopic (exact) mass is 492 g/mol. The lowest BCUT2D eigenvalue weighted by atomic mass is 10.0. The number of carbonyl (C=O) groups excluding carboxylic acids is 3. The lowest BCUT2D eigenvalue weighted by Crippen LogP contribution is -2.57. The van der Waals surface area contributed by atoms with E-state index in [1.54, 1.807) is 60.7 Å². The minimum Gasteiger partial charge on any atom is -0.487 e. The van der Waals surface area contributed by atoms with Crippen LogP contribution in [0.2, 0.25) is 10.0 Å². The molecule has 0 radical (unpaired) electrons. The number of hydrogen-bond acceptors (Lipinski definition) is 4. The molecule has 0 saturated carbocycles. The predicted octanol–water partition coefficient (Wildman–Crippen LogP) is 6.14. The van der Waals surface area contributed by atoms with Crippen molar-refractivity contribution in [3.05, 3.63) is 107 Å².